The molecule has 25 heavy (non-hydrogen) atoms. The predicted octanol–water partition coefficient (Wildman–Crippen LogP) is 2.23. The monoisotopic (exact) mass is 363 g/mol. The SMILES string of the molecule is COc1cc(CN2CCN(c3nccs3)CC2CCO)cc(OC)c1. The van der Waals surface area contributed by atoms with Gasteiger partial charge in [-0.05, 0) is 24.1 Å². The predicted molar refractivity (Wildman–Crippen MR) is 99.8 cm³/mol. The number of nitrogens with zero attached hydrogens (tertiary/aromatic N) is 3. The normalized spacial score (nSPS) is 18.4. The minimum Gasteiger partial charge on any atom is -0.497 e. The fraction of sp³-hybridized carbons (Fsp3) is 0.500. The highest BCUT2D eigenvalue weighted by atomic mass is 32.1. The third kappa shape index (κ3) is 4.42. The van der Waals surface area contributed by atoms with Crippen LogP contribution in [0.15, 0.2) is 29.8 Å². The van der Waals surface area contributed by atoms with E-state index in [2.05, 4.69) is 14.8 Å². The average molecular weight is 363 g/mol. The molecule has 2 aromatic rings. The van der Waals surface area contributed by atoms with E-state index in [-0.39, 0.29) is 6.61 Å². The molecule has 0 spiro atoms. The Morgan fingerprint density at radius 3 is 2.56 bits per heavy atom. The van der Waals surface area contributed by atoms with Gasteiger partial charge in [0.1, 0.15) is 11.5 Å². The molecule has 0 saturated carbocycles. The first-order valence-electron chi connectivity index (χ1n) is 8.44. The molecule has 1 aliphatic heterocycles. The van der Waals surface area contributed by atoms with E-state index in [1.54, 1.807) is 25.6 Å². The van der Waals surface area contributed by atoms with Crippen LogP contribution >= 0.6 is 11.3 Å². The Kier molecular flexibility index (Phi) is 6.12. The molecule has 0 amide bonds. The maximum Gasteiger partial charge on any atom is 0.185 e. The van der Waals surface area contributed by atoms with Crippen LogP contribution in [0.2, 0.25) is 0 Å². The summed E-state index contributed by atoms with van der Waals surface area (Å²) in [5, 5.41) is 12.6. The zero-order chi connectivity index (χ0) is 17.6. The minimum atomic E-state index is 0.189. The van der Waals surface area contributed by atoms with Crippen LogP contribution < -0.4 is 14.4 Å². The highest BCUT2D eigenvalue weighted by molar-refractivity contribution is 7.13. The molecular formula is C18H25N3O3S. The second-order valence-electron chi connectivity index (χ2n) is 6.12. The number of aliphatic hydroxyl groups is 1. The lowest BCUT2D eigenvalue weighted by atomic mass is 10.1. The molecule has 0 aliphatic carbocycles. The largest absolute Gasteiger partial charge is 0.497 e. The number of anilines is 1. The van der Waals surface area contributed by atoms with Gasteiger partial charge in [0, 0.05) is 56.5 Å². The average Bonchev–Trinajstić information content (AvgIpc) is 3.17. The van der Waals surface area contributed by atoms with Crippen molar-refractivity contribution in [2.24, 2.45) is 0 Å². The summed E-state index contributed by atoms with van der Waals surface area (Å²) in [5.74, 6) is 1.60. The van der Waals surface area contributed by atoms with Gasteiger partial charge < -0.3 is 19.5 Å². The molecule has 136 valence electrons. The first-order valence-corrected chi connectivity index (χ1v) is 9.32. The number of piperazine rings is 1. The lowest BCUT2D eigenvalue weighted by Crippen LogP contribution is -2.53. The summed E-state index contributed by atoms with van der Waals surface area (Å²) in [6.07, 6.45) is 2.60. The standard InChI is InChI=1S/C18H25N3O3S/c1-23-16-9-14(10-17(11-16)24-2)12-20-5-6-21(13-15(20)3-7-22)18-19-4-8-25-18/h4,8-11,15,22H,3,5-7,12-13H2,1-2H3. The second kappa shape index (κ2) is 8.51. The molecular weight excluding hydrogens is 338 g/mol. The van der Waals surface area contributed by atoms with Crippen molar-refractivity contribution in [1.82, 2.24) is 9.88 Å². The molecule has 1 aromatic heterocycles. The van der Waals surface area contributed by atoms with Gasteiger partial charge in [0.25, 0.3) is 0 Å². The minimum absolute atomic E-state index is 0.189. The zero-order valence-electron chi connectivity index (χ0n) is 14.7. The summed E-state index contributed by atoms with van der Waals surface area (Å²) in [6, 6.07) is 6.27. The van der Waals surface area contributed by atoms with E-state index < -0.39 is 0 Å². The first-order chi connectivity index (χ1) is 12.2. The maximum atomic E-state index is 9.49. The van der Waals surface area contributed by atoms with Gasteiger partial charge in [-0.3, -0.25) is 4.90 Å². The molecule has 1 aliphatic rings. The van der Waals surface area contributed by atoms with Gasteiger partial charge in [-0.25, -0.2) is 4.98 Å². The molecule has 1 fully saturated rings. The number of thiazole rings is 1. The summed E-state index contributed by atoms with van der Waals surface area (Å²) in [4.78, 5) is 9.16. The number of ether oxygens (including phenoxy) is 2. The van der Waals surface area contributed by atoms with Gasteiger partial charge in [-0.15, -0.1) is 11.3 Å². The number of aromatic nitrogens is 1. The lowest BCUT2D eigenvalue weighted by molar-refractivity contribution is 0.135. The van der Waals surface area contributed by atoms with Crippen LogP contribution in [-0.4, -0.2) is 61.5 Å². The molecule has 1 N–H and O–H groups in total. The number of aliphatic hydroxyl groups excluding tert-OH is 1. The maximum absolute atomic E-state index is 9.49. The molecule has 1 atom stereocenters. The smallest absolute Gasteiger partial charge is 0.185 e. The number of rotatable bonds is 7. The highest BCUT2D eigenvalue weighted by Gasteiger charge is 2.28. The second-order valence-corrected chi connectivity index (χ2v) is 6.99. The number of hydrogen-bond donors (Lipinski definition) is 1. The van der Waals surface area contributed by atoms with Crippen LogP contribution in [0.5, 0.6) is 11.5 Å². The van der Waals surface area contributed by atoms with Crippen molar-refractivity contribution in [3.8, 4) is 11.5 Å². The first kappa shape index (κ1) is 18.0. The van der Waals surface area contributed by atoms with E-state index in [0.29, 0.717) is 6.04 Å². The summed E-state index contributed by atoms with van der Waals surface area (Å²) >= 11 is 1.67. The van der Waals surface area contributed by atoms with Gasteiger partial charge in [0.2, 0.25) is 0 Å². The van der Waals surface area contributed by atoms with E-state index in [1.165, 1.54) is 0 Å². The molecule has 7 heteroatoms. The van der Waals surface area contributed by atoms with Crippen LogP contribution in [-0.2, 0) is 6.54 Å². The highest BCUT2D eigenvalue weighted by Crippen LogP contribution is 2.27. The molecule has 0 radical (unpaired) electrons. The number of hydrogen-bond acceptors (Lipinski definition) is 7. The topological polar surface area (TPSA) is 58.1 Å². The van der Waals surface area contributed by atoms with E-state index in [0.717, 1.165) is 54.8 Å². The van der Waals surface area contributed by atoms with Crippen molar-refractivity contribution in [3.63, 3.8) is 0 Å². The fourth-order valence-corrected chi connectivity index (χ4v) is 3.94. The Labute approximate surface area is 152 Å². The Morgan fingerprint density at radius 1 is 1.20 bits per heavy atom. The molecule has 1 unspecified atom stereocenters. The Balaban J connectivity index is 1.73. The quantitative estimate of drug-likeness (QED) is 0.814. The van der Waals surface area contributed by atoms with Crippen LogP contribution in [0.1, 0.15) is 12.0 Å². The third-order valence-corrected chi connectivity index (χ3v) is 5.39. The van der Waals surface area contributed by atoms with Crippen molar-refractivity contribution in [1.29, 1.82) is 0 Å². The van der Waals surface area contributed by atoms with Crippen molar-refractivity contribution >= 4 is 16.5 Å². The molecule has 0 bridgehead atoms. The van der Waals surface area contributed by atoms with E-state index in [1.807, 2.05) is 29.8 Å². The van der Waals surface area contributed by atoms with Crippen LogP contribution in [0.3, 0.4) is 0 Å². The van der Waals surface area contributed by atoms with Crippen molar-refractivity contribution in [3.05, 3.63) is 35.3 Å². The van der Waals surface area contributed by atoms with Crippen LogP contribution in [0.4, 0.5) is 5.13 Å². The van der Waals surface area contributed by atoms with Gasteiger partial charge in [0.15, 0.2) is 5.13 Å². The Morgan fingerprint density at radius 2 is 1.96 bits per heavy atom. The Bertz CT molecular complexity index is 643. The van der Waals surface area contributed by atoms with Gasteiger partial charge in [0.05, 0.1) is 14.2 Å². The number of benzene rings is 1. The van der Waals surface area contributed by atoms with Crippen molar-refractivity contribution < 1.29 is 14.6 Å². The third-order valence-electron chi connectivity index (χ3n) is 4.55. The fourth-order valence-electron chi connectivity index (χ4n) is 3.26. The summed E-state index contributed by atoms with van der Waals surface area (Å²) in [5.41, 5.74) is 1.15. The molecule has 2 heterocycles. The zero-order valence-corrected chi connectivity index (χ0v) is 15.5. The lowest BCUT2D eigenvalue weighted by Gasteiger charge is -2.41. The summed E-state index contributed by atoms with van der Waals surface area (Å²) in [6.45, 7) is 3.76. The van der Waals surface area contributed by atoms with Crippen molar-refractivity contribution in [2.75, 3.05) is 45.4 Å². The van der Waals surface area contributed by atoms with E-state index >= 15 is 0 Å². The molecule has 1 saturated heterocycles. The van der Waals surface area contributed by atoms with E-state index in [9.17, 15) is 5.11 Å². The molecule has 3 rings (SSSR count). The van der Waals surface area contributed by atoms with Gasteiger partial charge in [-0.1, -0.05) is 0 Å². The summed E-state index contributed by atoms with van der Waals surface area (Å²) in [7, 11) is 3.33. The van der Waals surface area contributed by atoms with Crippen LogP contribution in [0, 0.1) is 0 Å². The van der Waals surface area contributed by atoms with E-state index in [4.69, 9.17) is 9.47 Å². The number of methoxy groups -OCH3 is 2. The van der Waals surface area contributed by atoms with Crippen LogP contribution in [0.25, 0.3) is 0 Å². The van der Waals surface area contributed by atoms with Gasteiger partial charge in [-0.2, -0.15) is 0 Å². The molecule has 1 aromatic carbocycles. The van der Waals surface area contributed by atoms with Gasteiger partial charge >= 0.3 is 0 Å². The molecule has 6 nitrogen and oxygen atoms in total. The van der Waals surface area contributed by atoms with Crippen molar-refractivity contribution in [2.45, 2.75) is 19.0 Å². The Hall–Kier alpha value is -1.83. The summed E-state index contributed by atoms with van der Waals surface area (Å²) < 4.78 is 10.7.